The Morgan fingerprint density at radius 1 is 1.20 bits per heavy atom. The van der Waals surface area contributed by atoms with Gasteiger partial charge in [0.2, 0.25) is 0 Å². The van der Waals surface area contributed by atoms with Gasteiger partial charge in [-0.25, -0.2) is 4.68 Å². The molecule has 1 saturated carbocycles. The Labute approximate surface area is 145 Å². The average molecular weight is 342 g/mol. The summed E-state index contributed by atoms with van der Waals surface area (Å²) < 4.78 is 6.89. The van der Waals surface area contributed by atoms with Crippen molar-refractivity contribution in [2.45, 2.75) is 63.5 Å². The lowest BCUT2D eigenvalue weighted by Crippen LogP contribution is -2.40. The van der Waals surface area contributed by atoms with Crippen molar-refractivity contribution in [3.8, 4) is 0 Å². The number of hydrogen-bond acceptors (Lipinski definition) is 5. The van der Waals surface area contributed by atoms with Gasteiger partial charge in [0.15, 0.2) is 5.69 Å². The molecule has 7 nitrogen and oxygen atoms in total. The van der Waals surface area contributed by atoms with Crippen LogP contribution in [0.1, 0.15) is 66.4 Å². The van der Waals surface area contributed by atoms with Gasteiger partial charge in [-0.3, -0.25) is 9.59 Å². The SMILES string of the molecule is O=C(NC1CCC(n2ncccc2=O)CC1)c1noc2c1CCCC2. The van der Waals surface area contributed by atoms with Gasteiger partial charge in [0.1, 0.15) is 5.76 Å². The number of aromatic nitrogens is 3. The first kappa shape index (κ1) is 16.1. The van der Waals surface area contributed by atoms with E-state index in [4.69, 9.17) is 4.52 Å². The van der Waals surface area contributed by atoms with E-state index >= 15 is 0 Å². The second kappa shape index (κ2) is 6.82. The van der Waals surface area contributed by atoms with Gasteiger partial charge < -0.3 is 9.84 Å². The number of nitrogens with one attached hydrogen (secondary N) is 1. The van der Waals surface area contributed by atoms with Crippen molar-refractivity contribution in [1.82, 2.24) is 20.3 Å². The fourth-order valence-corrected chi connectivity index (χ4v) is 3.92. The highest BCUT2D eigenvalue weighted by atomic mass is 16.5. The molecule has 0 aliphatic heterocycles. The third-order valence-corrected chi connectivity index (χ3v) is 5.28. The number of nitrogens with zero attached hydrogens (tertiary/aromatic N) is 3. The minimum absolute atomic E-state index is 0.0655. The molecular formula is C18H22N4O3. The van der Waals surface area contributed by atoms with E-state index < -0.39 is 0 Å². The topological polar surface area (TPSA) is 90.0 Å². The molecule has 25 heavy (non-hydrogen) atoms. The molecule has 1 amide bonds. The van der Waals surface area contributed by atoms with Crippen molar-refractivity contribution in [3.63, 3.8) is 0 Å². The summed E-state index contributed by atoms with van der Waals surface area (Å²) in [6, 6.07) is 3.42. The van der Waals surface area contributed by atoms with Crippen LogP contribution in [0.15, 0.2) is 27.6 Å². The van der Waals surface area contributed by atoms with Crippen molar-refractivity contribution in [2.75, 3.05) is 0 Å². The minimum atomic E-state index is -0.134. The number of hydrogen-bond donors (Lipinski definition) is 1. The van der Waals surface area contributed by atoms with E-state index in [1.54, 1.807) is 16.9 Å². The Morgan fingerprint density at radius 3 is 2.80 bits per heavy atom. The highest BCUT2D eigenvalue weighted by Gasteiger charge is 2.28. The molecule has 2 aliphatic carbocycles. The molecule has 2 heterocycles. The summed E-state index contributed by atoms with van der Waals surface area (Å²) >= 11 is 0. The summed E-state index contributed by atoms with van der Waals surface area (Å²) in [6.45, 7) is 0. The maximum Gasteiger partial charge on any atom is 0.273 e. The third-order valence-electron chi connectivity index (χ3n) is 5.28. The van der Waals surface area contributed by atoms with E-state index in [9.17, 15) is 9.59 Å². The number of aryl methyl sites for hydroxylation is 1. The van der Waals surface area contributed by atoms with Crippen LogP contribution in [0.25, 0.3) is 0 Å². The standard InChI is InChI=1S/C18H22N4O3/c23-16-6-3-11-19-22(16)13-9-7-12(8-10-13)20-18(24)17-14-4-1-2-5-15(14)25-21-17/h3,6,11-13H,1-2,4-5,7-10H2,(H,20,24). The fraction of sp³-hybridized carbons (Fsp3) is 0.556. The summed E-state index contributed by atoms with van der Waals surface area (Å²) in [7, 11) is 0. The van der Waals surface area contributed by atoms with Gasteiger partial charge in [-0.1, -0.05) is 5.16 Å². The monoisotopic (exact) mass is 342 g/mol. The second-order valence-corrected chi connectivity index (χ2v) is 6.93. The van der Waals surface area contributed by atoms with E-state index in [2.05, 4.69) is 15.6 Å². The molecule has 4 rings (SSSR count). The van der Waals surface area contributed by atoms with Crippen LogP contribution >= 0.6 is 0 Å². The van der Waals surface area contributed by atoms with Gasteiger partial charge in [0, 0.05) is 30.3 Å². The van der Waals surface area contributed by atoms with Crippen molar-refractivity contribution in [1.29, 1.82) is 0 Å². The predicted octanol–water partition coefficient (Wildman–Crippen LogP) is 2.02. The molecular weight excluding hydrogens is 320 g/mol. The van der Waals surface area contributed by atoms with Gasteiger partial charge in [0.05, 0.1) is 6.04 Å². The van der Waals surface area contributed by atoms with E-state index in [1.165, 1.54) is 6.07 Å². The molecule has 0 atom stereocenters. The summed E-state index contributed by atoms with van der Waals surface area (Å²) in [5, 5.41) is 11.3. The van der Waals surface area contributed by atoms with Crippen LogP contribution in [0.4, 0.5) is 0 Å². The lowest BCUT2D eigenvalue weighted by Gasteiger charge is -2.29. The first-order valence-electron chi connectivity index (χ1n) is 9.04. The lowest BCUT2D eigenvalue weighted by molar-refractivity contribution is 0.0911. The first-order valence-corrected chi connectivity index (χ1v) is 9.04. The van der Waals surface area contributed by atoms with E-state index in [-0.39, 0.29) is 23.6 Å². The van der Waals surface area contributed by atoms with E-state index in [1.807, 2.05) is 0 Å². The summed E-state index contributed by atoms with van der Waals surface area (Å²) in [5.41, 5.74) is 1.37. The number of fused-ring (bicyclic) bond motifs is 1. The number of carbonyl (C=O) groups excluding carboxylic acids is 1. The van der Waals surface area contributed by atoms with Gasteiger partial charge in [-0.15, -0.1) is 0 Å². The molecule has 7 heteroatoms. The first-order chi connectivity index (χ1) is 12.2. The number of rotatable bonds is 3. The predicted molar refractivity (Wildman–Crippen MR) is 90.4 cm³/mol. The normalized spacial score (nSPS) is 23.0. The average Bonchev–Trinajstić information content (AvgIpc) is 3.07. The quantitative estimate of drug-likeness (QED) is 0.922. The van der Waals surface area contributed by atoms with Crippen LogP contribution in [-0.2, 0) is 12.8 Å². The molecule has 0 unspecified atom stereocenters. The van der Waals surface area contributed by atoms with Crippen molar-refractivity contribution in [3.05, 3.63) is 45.7 Å². The van der Waals surface area contributed by atoms with Crippen molar-refractivity contribution < 1.29 is 9.32 Å². The number of amides is 1. The smallest absolute Gasteiger partial charge is 0.273 e. The third kappa shape index (κ3) is 3.23. The Balaban J connectivity index is 1.37. The summed E-state index contributed by atoms with van der Waals surface area (Å²) in [6.07, 6.45) is 8.90. The Bertz CT molecular complexity index is 818. The van der Waals surface area contributed by atoms with Crippen LogP contribution in [0.5, 0.6) is 0 Å². The van der Waals surface area contributed by atoms with E-state index in [0.717, 1.165) is 62.7 Å². The minimum Gasteiger partial charge on any atom is -0.360 e. The van der Waals surface area contributed by atoms with Crippen LogP contribution in [0.2, 0.25) is 0 Å². The molecule has 2 aromatic rings. The molecule has 0 bridgehead atoms. The molecule has 2 aromatic heterocycles. The van der Waals surface area contributed by atoms with Crippen LogP contribution in [0.3, 0.4) is 0 Å². The van der Waals surface area contributed by atoms with Crippen LogP contribution in [0, 0.1) is 0 Å². The molecule has 0 radical (unpaired) electrons. The Morgan fingerprint density at radius 2 is 2.00 bits per heavy atom. The lowest BCUT2D eigenvalue weighted by atomic mass is 9.90. The molecule has 2 aliphatic rings. The van der Waals surface area contributed by atoms with Crippen molar-refractivity contribution >= 4 is 5.91 Å². The van der Waals surface area contributed by atoms with E-state index in [0.29, 0.717) is 5.69 Å². The largest absolute Gasteiger partial charge is 0.360 e. The van der Waals surface area contributed by atoms with Crippen molar-refractivity contribution in [2.24, 2.45) is 0 Å². The zero-order valence-electron chi connectivity index (χ0n) is 14.1. The molecule has 0 spiro atoms. The molecule has 1 N–H and O–H groups in total. The van der Waals surface area contributed by atoms with Gasteiger partial charge in [-0.05, 0) is 51.0 Å². The highest BCUT2D eigenvalue weighted by molar-refractivity contribution is 5.94. The molecule has 132 valence electrons. The second-order valence-electron chi connectivity index (χ2n) is 6.93. The maximum atomic E-state index is 12.6. The Hall–Kier alpha value is -2.44. The molecule has 0 saturated heterocycles. The number of carbonyl (C=O) groups is 1. The molecule has 0 aromatic carbocycles. The fourth-order valence-electron chi connectivity index (χ4n) is 3.92. The summed E-state index contributed by atoms with van der Waals surface area (Å²) in [4.78, 5) is 24.4. The summed E-state index contributed by atoms with van der Waals surface area (Å²) in [5.74, 6) is 0.736. The Kier molecular flexibility index (Phi) is 4.38. The maximum absolute atomic E-state index is 12.6. The molecule has 1 fully saturated rings. The van der Waals surface area contributed by atoms with Crippen LogP contribution < -0.4 is 10.9 Å². The van der Waals surface area contributed by atoms with Gasteiger partial charge in [0.25, 0.3) is 11.5 Å². The van der Waals surface area contributed by atoms with Gasteiger partial charge >= 0.3 is 0 Å². The van der Waals surface area contributed by atoms with Gasteiger partial charge in [-0.2, -0.15) is 5.10 Å². The highest BCUT2D eigenvalue weighted by Crippen LogP contribution is 2.28. The van der Waals surface area contributed by atoms with Crippen LogP contribution in [-0.4, -0.2) is 26.9 Å². The zero-order chi connectivity index (χ0) is 17.2. The zero-order valence-corrected chi connectivity index (χ0v) is 14.1.